The molecule has 0 fully saturated rings. The predicted octanol–water partition coefficient (Wildman–Crippen LogP) is 4.50. The van der Waals surface area contributed by atoms with Crippen LogP contribution in [0.15, 0.2) is 54.9 Å². The minimum Gasteiger partial charge on any atom is -0.494 e. The van der Waals surface area contributed by atoms with E-state index in [-0.39, 0.29) is 17.4 Å². The number of nitrogens with one attached hydrogen (secondary N) is 1. The van der Waals surface area contributed by atoms with Gasteiger partial charge in [-0.2, -0.15) is 4.39 Å². The van der Waals surface area contributed by atoms with Crippen LogP contribution in [0.5, 0.6) is 11.5 Å². The van der Waals surface area contributed by atoms with Crippen LogP contribution in [0.1, 0.15) is 0 Å². The summed E-state index contributed by atoms with van der Waals surface area (Å²) in [4.78, 5) is 23.4. The van der Waals surface area contributed by atoms with Crippen LogP contribution in [-0.2, 0) is 0 Å². The number of benzene rings is 2. The summed E-state index contributed by atoms with van der Waals surface area (Å²) in [5.41, 5.74) is 1.44. The van der Waals surface area contributed by atoms with Crippen LogP contribution in [0, 0.1) is 15.9 Å². The largest absolute Gasteiger partial charge is 0.494 e. The summed E-state index contributed by atoms with van der Waals surface area (Å²) in [6.07, 6.45) is 3.13. The molecule has 156 valence electrons. The number of hydrogen-bond acceptors (Lipinski definition) is 8. The van der Waals surface area contributed by atoms with Crippen LogP contribution >= 0.6 is 0 Å². The lowest BCUT2D eigenvalue weighted by molar-refractivity contribution is -0.387. The van der Waals surface area contributed by atoms with E-state index in [9.17, 15) is 14.5 Å². The lowest BCUT2D eigenvalue weighted by Crippen LogP contribution is -2.03. The first-order valence-corrected chi connectivity index (χ1v) is 9.05. The Morgan fingerprint density at radius 3 is 2.55 bits per heavy atom. The molecule has 0 aliphatic rings. The zero-order valence-electron chi connectivity index (χ0n) is 16.5. The summed E-state index contributed by atoms with van der Waals surface area (Å²) in [6.45, 7) is 0. The first-order valence-electron chi connectivity index (χ1n) is 9.05. The third-order valence-electron chi connectivity index (χ3n) is 4.55. The maximum absolute atomic E-state index is 13.9. The Labute approximate surface area is 175 Å². The third-order valence-corrected chi connectivity index (χ3v) is 4.55. The van der Waals surface area contributed by atoms with Crippen LogP contribution in [0.4, 0.5) is 21.7 Å². The number of ether oxygens (including phenoxy) is 2. The number of nitro groups is 1. The molecule has 0 bridgehead atoms. The zero-order chi connectivity index (χ0) is 22.0. The van der Waals surface area contributed by atoms with Gasteiger partial charge in [0.2, 0.25) is 11.8 Å². The lowest BCUT2D eigenvalue weighted by atomic mass is 10.1. The van der Waals surface area contributed by atoms with E-state index in [1.54, 1.807) is 6.20 Å². The Hall–Kier alpha value is -4.34. The molecule has 0 saturated carbocycles. The maximum atomic E-state index is 13.9. The third kappa shape index (κ3) is 3.90. The van der Waals surface area contributed by atoms with E-state index in [0.29, 0.717) is 17.0 Å². The normalized spacial score (nSPS) is 10.7. The fraction of sp³-hybridized carbons (Fsp3) is 0.0952. The second-order valence-corrected chi connectivity index (χ2v) is 6.41. The first kappa shape index (κ1) is 20.0. The molecule has 2 aromatic carbocycles. The van der Waals surface area contributed by atoms with Crippen molar-refractivity contribution in [1.82, 2.24) is 15.0 Å². The molecule has 10 heteroatoms. The fourth-order valence-electron chi connectivity index (χ4n) is 3.06. The van der Waals surface area contributed by atoms with E-state index in [0.717, 1.165) is 23.0 Å². The molecule has 0 spiro atoms. The molecule has 4 aromatic rings. The van der Waals surface area contributed by atoms with Gasteiger partial charge in [0.05, 0.1) is 36.5 Å². The van der Waals surface area contributed by atoms with Crippen molar-refractivity contribution in [2.45, 2.75) is 0 Å². The highest BCUT2D eigenvalue weighted by molar-refractivity contribution is 5.84. The van der Waals surface area contributed by atoms with Gasteiger partial charge in [0.25, 0.3) is 0 Å². The number of pyridine rings is 1. The molecule has 31 heavy (non-hydrogen) atoms. The number of aromatic nitrogens is 3. The predicted molar refractivity (Wildman–Crippen MR) is 112 cm³/mol. The van der Waals surface area contributed by atoms with Crippen molar-refractivity contribution in [1.29, 1.82) is 0 Å². The minimum atomic E-state index is -1.01. The highest BCUT2D eigenvalue weighted by Gasteiger charge is 2.20. The summed E-state index contributed by atoms with van der Waals surface area (Å²) >= 11 is 0. The number of fused-ring (bicyclic) bond motifs is 1. The Kier molecular flexibility index (Phi) is 5.27. The van der Waals surface area contributed by atoms with E-state index in [2.05, 4.69) is 20.3 Å². The molecule has 0 unspecified atom stereocenters. The summed E-state index contributed by atoms with van der Waals surface area (Å²) < 4.78 is 24.4. The number of methoxy groups -OCH3 is 2. The van der Waals surface area contributed by atoms with Crippen molar-refractivity contribution in [3.63, 3.8) is 0 Å². The van der Waals surface area contributed by atoms with Crippen LogP contribution in [0.25, 0.3) is 22.2 Å². The number of para-hydroxylation sites is 1. The molecule has 0 radical (unpaired) electrons. The number of anilines is 2. The molecule has 0 aliphatic carbocycles. The highest BCUT2D eigenvalue weighted by atomic mass is 19.1. The van der Waals surface area contributed by atoms with Gasteiger partial charge in [0.15, 0.2) is 5.75 Å². The summed E-state index contributed by atoms with van der Waals surface area (Å²) in [5, 5.41) is 14.9. The Bertz CT molecular complexity index is 1300. The molecule has 0 amide bonds. The van der Waals surface area contributed by atoms with Crippen molar-refractivity contribution in [2.24, 2.45) is 0 Å². The quantitative estimate of drug-likeness (QED) is 0.358. The molecule has 0 saturated heterocycles. The average molecular weight is 421 g/mol. The maximum Gasteiger partial charge on any atom is 0.307 e. The van der Waals surface area contributed by atoms with Crippen LogP contribution in [-0.4, -0.2) is 34.1 Å². The van der Waals surface area contributed by atoms with Crippen molar-refractivity contribution in [3.8, 4) is 22.8 Å². The summed E-state index contributed by atoms with van der Waals surface area (Å²) in [7, 11) is 2.82. The topological polar surface area (TPSA) is 112 Å². The van der Waals surface area contributed by atoms with Gasteiger partial charge >= 0.3 is 5.69 Å². The van der Waals surface area contributed by atoms with Crippen LogP contribution in [0.3, 0.4) is 0 Å². The van der Waals surface area contributed by atoms with Crippen molar-refractivity contribution >= 4 is 28.2 Å². The monoisotopic (exact) mass is 421 g/mol. The van der Waals surface area contributed by atoms with E-state index in [1.807, 2.05) is 30.3 Å². The minimum absolute atomic E-state index is 0.0661. The van der Waals surface area contributed by atoms with E-state index in [1.165, 1.54) is 20.4 Å². The van der Waals surface area contributed by atoms with Crippen molar-refractivity contribution in [3.05, 3.63) is 70.8 Å². The number of hydrogen-bond donors (Lipinski definition) is 1. The van der Waals surface area contributed by atoms with Crippen LogP contribution in [0.2, 0.25) is 0 Å². The molecule has 9 nitrogen and oxygen atoms in total. The number of halogens is 1. The number of rotatable bonds is 6. The van der Waals surface area contributed by atoms with Gasteiger partial charge in [-0.05, 0) is 12.1 Å². The average Bonchev–Trinajstić information content (AvgIpc) is 2.79. The molecule has 2 heterocycles. The molecule has 1 N–H and O–H groups in total. The Morgan fingerprint density at radius 2 is 1.81 bits per heavy atom. The van der Waals surface area contributed by atoms with Crippen molar-refractivity contribution < 1.29 is 18.8 Å². The van der Waals surface area contributed by atoms with Gasteiger partial charge < -0.3 is 14.8 Å². The van der Waals surface area contributed by atoms with Gasteiger partial charge in [-0.3, -0.25) is 15.1 Å². The van der Waals surface area contributed by atoms with Gasteiger partial charge in [-0.25, -0.2) is 9.97 Å². The molecular formula is C21H16FN5O4. The van der Waals surface area contributed by atoms with Crippen molar-refractivity contribution in [2.75, 3.05) is 19.5 Å². The molecule has 0 aliphatic heterocycles. The SMILES string of the molecule is COc1cc(F)c([N+](=O)[O-])cc1Nc1ncc(OC)c(-c2cnc3ccccc3c2)n1. The second kappa shape index (κ2) is 8.19. The van der Waals surface area contributed by atoms with Gasteiger partial charge in [-0.1, -0.05) is 18.2 Å². The smallest absolute Gasteiger partial charge is 0.307 e. The van der Waals surface area contributed by atoms with Gasteiger partial charge in [-0.15, -0.1) is 0 Å². The van der Waals surface area contributed by atoms with Gasteiger partial charge in [0.1, 0.15) is 11.4 Å². The summed E-state index contributed by atoms with van der Waals surface area (Å²) in [5.74, 6) is -0.412. The summed E-state index contributed by atoms with van der Waals surface area (Å²) in [6, 6.07) is 11.5. The first-order chi connectivity index (χ1) is 15.0. The second-order valence-electron chi connectivity index (χ2n) is 6.41. The molecule has 2 aromatic heterocycles. The zero-order valence-corrected chi connectivity index (χ0v) is 16.5. The Balaban J connectivity index is 1.77. The number of nitro benzene ring substituents is 1. The van der Waals surface area contributed by atoms with E-state index < -0.39 is 16.4 Å². The Morgan fingerprint density at radius 1 is 1.03 bits per heavy atom. The number of nitrogens with zero attached hydrogens (tertiary/aromatic N) is 4. The standard InChI is InChI=1S/C21H16FN5O4/c1-30-18-8-14(22)17(27(28)29)9-16(18)25-21-24-11-19(31-2)20(26-21)13-7-12-5-3-4-6-15(12)23-10-13/h3-11H,1-2H3,(H,24,25,26). The molecule has 0 atom stereocenters. The molecule has 4 rings (SSSR count). The highest BCUT2D eigenvalue weighted by Crippen LogP contribution is 2.35. The lowest BCUT2D eigenvalue weighted by Gasteiger charge is -2.13. The molecular weight excluding hydrogens is 405 g/mol. The van der Waals surface area contributed by atoms with E-state index in [4.69, 9.17) is 9.47 Å². The van der Waals surface area contributed by atoms with Gasteiger partial charge in [0, 0.05) is 29.3 Å². The fourth-order valence-corrected chi connectivity index (χ4v) is 3.06. The van der Waals surface area contributed by atoms with Crippen LogP contribution < -0.4 is 14.8 Å². The van der Waals surface area contributed by atoms with E-state index >= 15 is 0 Å².